The van der Waals surface area contributed by atoms with E-state index in [1.165, 1.54) is 12.8 Å². The fourth-order valence-electron chi connectivity index (χ4n) is 3.04. The van der Waals surface area contributed by atoms with Gasteiger partial charge in [-0.1, -0.05) is 12.8 Å². The first-order valence-electron chi connectivity index (χ1n) is 7.82. The molecule has 0 saturated heterocycles. The Morgan fingerprint density at radius 3 is 2.82 bits per heavy atom. The number of nitrogens with one attached hydrogen (secondary N) is 3. The number of aromatic nitrogens is 3. The lowest BCUT2D eigenvalue weighted by molar-refractivity contribution is 0.0938. The second-order valence-electron chi connectivity index (χ2n) is 5.57. The SMILES string of the molecule is CCn1ncc2c(NC3CCCC3)c(C(=O)NNC)cnc21. The average molecular weight is 302 g/mol. The van der Waals surface area contributed by atoms with Gasteiger partial charge < -0.3 is 5.32 Å². The third-order valence-corrected chi connectivity index (χ3v) is 4.15. The molecule has 22 heavy (non-hydrogen) atoms. The van der Waals surface area contributed by atoms with Gasteiger partial charge in [0.1, 0.15) is 0 Å². The van der Waals surface area contributed by atoms with Crippen LogP contribution in [0.3, 0.4) is 0 Å². The van der Waals surface area contributed by atoms with E-state index in [4.69, 9.17) is 0 Å². The van der Waals surface area contributed by atoms with Gasteiger partial charge in [0, 0.05) is 25.8 Å². The van der Waals surface area contributed by atoms with Gasteiger partial charge in [0.2, 0.25) is 0 Å². The minimum absolute atomic E-state index is 0.193. The standard InChI is InChI=1S/C15H22N6O/c1-3-21-14-11(9-18-21)13(19-10-6-4-5-7-10)12(8-17-14)15(22)20-16-2/h8-10,16H,3-7H2,1-2H3,(H,17,19)(H,20,22). The van der Waals surface area contributed by atoms with Crippen LogP contribution in [0.25, 0.3) is 11.0 Å². The highest BCUT2D eigenvalue weighted by Crippen LogP contribution is 2.30. The van der Waals surface area contributed by atoms with Crippen molar-refractivity contribution in [3.8, 4) is 0 Å². The lowest BCUT2D eigenvalue weighted by Crippen LogP contribution is -2.35. The number of carbonyl (C=O) groups is 1. The zero-order valence-corrected chi connectivity index (χ0v) is 13.0. The summed E-state index contributed by atoms with van der Waals surface area (Å²) < 4.78 is 1.84. The molecule has 0 radical (unpaired) electrons. The number of anilines is 1. The first kappa shape index (κ1) is 14.8. The van der Waals surface area contributed by atoms with Crippen molar-refractivity contribution >= 4 is 22.6 Å². The van der Waals surface area contributed by atoms with Crippen molar-refractivity contribution in [1.82, 2.24) is 25.6 Å². The summed E-state index contributed by atoms with van der Waals surface area (Å²) in [6.07, 6.45) is 8.16. The number of hydrogen-bond donors (Lipinski definition) is 3. The third kappa shape index (κ3) is 2.64. The number of carbonyl (C=O) groups excluding carboxylic acids is 1. The molecule has 1 aliphatic rings. The van der Waals surface area contributed by atoms with Gasteiger partial charge in [-0.2, -0.15) is 5.10 Å². The smallest absolute Gasteiger partial charge is 0.269 e. The lowest BCUT2D eigenvalue weighted by atomic mass is 10.1. The minimum Gasteiger partial charge on any atom is -0.381 e. The van der Waals surface area contributed by atoms with Gasteiger partial charge in [0.15, 0.2) is 5.65 Å². The van der Waals surface area contributed by atoms with Gasteiger partial charge in [-0.05, 0) is 19.8 Å². The van der Waals surface area contributed by atoms with Crippen LogP contribution in [0, 0.1) is 0 Å². The summed E-state index contributed by atoms with van der Waals surface area (Å²) in [5, 5.41) is 8.81. The molecule has 0 spiro atoms. The Kier molecular flexibility index (Phi) is 4.24. The molecule has 0 aromatic carbocycles. The molecule has 0 aliphatic heterocycles. The monoisotopic (exact) mass is 302 g/mol. The van der Waals surface area contributed by atoms with Crippen molar-refractivity contribution in [2.75, 3.05) is 12.4 Å². The number of hydrazine groups is 1. The highest BCUT2D eigenvalue weighted by molar-refractivity contribution is 6.06. The van der Waals surface area contributed by atoms with Gasteiger partial charge in [-0.15, -0.1) is 0 Å². The van der Waals surface area contributed by atoms with Gasteiger partial charge in [0.05, 0.1) is 22.8 Å². The molecule has 1 fully saturated rings. The van der Waals surface area contributed by atoms with E-state index >= 15 is 0 Å². The highest BCUT2D eigenvalue weighted by atomic mass is 16.2. The molecule has 0 atom stereocenters. The molecule has 1 aliphatic carbocycles. The highest BCUT2D eigenvalue weighted by Gasteiger charge is 2.22. The molecule has 0 unspecified atom stereocenters. The van der Waals surface area contributed by atoms with Crippen LogP contribution in [0.2, 0.25) is 0 Å². The van der Waals surface area contributed by atoms with Crippen molar-refractivity contribution in [2.45, 2.75) is 45.2 Å². The average Bonchev–Trinajstić information content (AvgIpc) is 3.16. The summed E-state index contributed by atoms with van der Waals surface area (Å²) in [5.41, 5.74) is 7.48. The normalized spacial score (nSPS) is 15.4. The van der Waals surface area contributed by atoms with Crippen molar-refractivity contribution in [2.24, 2.45) is 0 Å². The molecule has 2 heterocycles. The lowest BCUT2D eigenvalue weighted by Gasteiger charge is -2.17. The third-order valence-electron chi connectivity index (χ3n) is 4.15. The van der Waals surface area contributed by atoms with Crippen molar-refractivity contribution in [3.63, 3.8) is 0 Å². The fourth-order valence-corrected chi connectivity index (χ4v) is 3.04. The van der Waals surface area contributed by atoms with Crippen LogP contribution in [-0.4, -0.2) is 33.8 Å². The summed E-state index contributed by atoms with van der Waals surface area (Å²) in [4.78, 5) is 16.7. The second kappa shape index (κ2) is 6.31. The van der Waals surface area contributed by atoms with Gasteiger partial charge in [-0.25, -0.2) is 15.1 Å². The largest absolute Gasteiger partial charge is 0.381 e. The van der Waals surface area contributed by atoms with Crippen LogP contribution in [0.4, 0.5) is 5.69 Å². The second-order valence-corrected chi connectivity index (χ2v) is 5.57. The number of nitrogens with zero attached hydrogens (tertiary/aromatic N) is 3. The van der Waals surface area contributed by atoms with E-state index in [9.17, 15) is 4.79 Å². The predicted octanol–water partition coefficient (Wildman–Crippen LogP) is 1.67. The summed E-state index contributed by atoms with van der Waals surface area (Å²) in [7, 11) is 1.67. The number of amides is 1. The van der Waals surface area contributed by atoms with Crippen LogP contribution < -0.4 is 16.2 Å². The number of rotatable bonds is 5. The van der Waals surface area contributed by atoms with E-state index in [1.54, 1.807) is 19.4 Å². The Labute approximate surface area is 129 Å². The van der Waals surface area contributed by atoms with E-state index in [0.29, 0.717) is 11.6 Å². The Hall–Kier alpha value is -2.15. The maximum Gasteiger partial charge on any atom is 0.269 e. The summed E-state index contributed by atoms with van der Waals surface area (Å²) in [6, 6.07) is 0.414. The molecule has 3 N–H and O–H groups in total. The van der Waals surface area contributed by atoms with Crippen LogP contribution in [0.5, 0.6) is 0 Å². The van der Waals surface area contributed by atoms with E-state index in [2.05, 4.69) is 26.3 Å². The van der Waals surface area contributed by atoms with Crippen LogP contribution in [-0.2, 0) is 6.54 Å². The fraction of sp³-hybridized carbons (Fsp3) is 0.533. The van der Waals surface area contributed by atoms with E-state index in [1.807, 2.05) is 11.6 Å². The maximum absolute atomic E-state index is 12.3. The van der Waals surface area contributed by atoms with Crippen molar-refractivity contribution < 1.29 is 4.79 Å². The summed E-state index contributed by atoms with van der Waals surface area (Å²) in [5.74, 6) is -0.193. The van der Waals surface area contributed by atoms with Gasteiger partial charge >= 0.3 is 0 Å². The first-order chi connectivity index (χ1) is 10.7. The number of pyridine rings is 1. The molecule has 0 bridgehead atoms. The zero-order chi connectivity index (χ0) is 15.5. The Balaban J connectivity index is 2.06. The molecule has 3 rings (SSSR count). The van der Waals surface area contributed by atoms with Gasteiger partial charge in [-0.3, -0.25) is 10.2 Å². The molecule has 2 aromatic heterocycles. The number of hydrogen-bond acceptors (Lipinski definition) is 5. The van der Waals surface area contributed by atoms with Gasteiger partial charge in [0.25, 0.3) is 5.91 Å². The number of aryl methyl sites for hydroxylation is 1. The predicted molar refractivity (Wildman–Crippen MR) is 85.6 cm³/mol. The number of fused-ring (bicyclic) bond motifs is 1. The Morgan fingerprint density at radius 1 is 1.36 bits per heavy atom. The van der Waals surface area contributed by atoms with E-state index < -0.39 is 0 Å². The topological polar surface area (TPSA) is 83.9 Å². The molecular weight excluding hydrogens is 280 g/mol. The molecule has 2 aromatic rings. The van der Waals surface area contributed by atoms with Crippen LogP contribution in [0.15, 0.2) is 12.4 Å². The van der Waals surface area contributed by atoms with E-state index in [0.717, 1.165) is 36.1 Å². The van der Waals surface area contributed by atoms with Crippen molar-refractivity contribution in [1.29, 1.82) is 0 Å². The first-order valence-corrected chi connectivity index (χ1v) is 7.82. The minimum atomic E-state index is -0.193. The molecule has 118 valence electrons. The molecular formula is C15H22N6O. The maximum atomic E-state index is 12.3. The molecule has 1 saturated carbocycles. The zero-order valence-electron chi connectivity index (χ0n) is 13.0. The Bertz CT molecular complexity index is 674. The molecule has 7 nitrogen and oxygen atoms in total. The van der Waals surface area contributed by atoms with Crippen LogP contribution in [0.1, 0.15) is 43.0 Å². The summed E-state index contributed by atoms with van der Waals surface area (Å²) in [6.45, 7) is 2.78. The molecule has 7 heteroatoms. The van der Waals surface area contributed by atoms with Crippen molar-refractivity contribution in [3.05, 3.63) is 18.0 Å². The quantitative estimate of drug-likeness (QED) is 0.732. The van der Waals surface area contributed by atoms with E-state index in [-0.39, 0.29) is 5.91 Å². The Morgan fingerprint density at radius 2 is 2.14 bits per heavy atom. The summed E-state index contributed by atoms with van der Waals surface area (Å²) >= 11 is 0. The van der Waals surface area contributed by atoms with Crippen LogP contribution >= 0.6 is 0 Å². The molecule has 1 amide bonds.